The fraction of sp³-hybridized carbons (Fsp3) is 0.316. The van der Waals surface area contributed by atoms with Gasteiger partial charge in [-0.2, -0.15) is 0 Å². The van der Waals surface area contributed by atoms with E-state index in [0.717, 1.165) is 23.1 Å². The van der Waals surface area contributed by atoms with E-state index in [4.69, 9.17) is 14.5 Å². The number of fused-ring (bicyclic) bond motifs is 2. The summed E-state index contributed by atoms with van der Waals surface area (Å²) in [6.07, 6.45) is 1.49. The van der Waals surface area contributed by atoms with E-state index < -0.39 is 29.4 Å². The van der Waals surface area contributed by atoms with Crippen molar-refractivity contribution in [2.75, 3.05) is 6.61 Å². The van der Waals surface area contributed by atoms with Crippen LogP contribution in [0.5, 0.6) is 5.75 Å². The second-order valence-electron chi connectivity index (χ2n) is 13.3. The van der Waals surface area contributed by atoms with Crippen molar-refractivity contribution in [1.29, 1.82) is 0 Å². The van der Waals surface area contributed by atoms with E-state index in [0.29, 0.717) is 57.7 Å². The lowest BCUT2D eigenvalue weighted by Crippen LogP contribution is -2.28. The van der Waals surface area contributed by atoms with Crippen LogP contribution in [0.1, 0.15) is 71.7 Å². The molecule has 0 aliphatic carbocycles. The SMILES string of the molecule is Cc1nc2c(cc(-c3ccnc(C(=O)NCc4ccc(F)cc4)c3)n2C)c(-c2cc(F)c3c(c2C)CCCO3)c1[C@H](OC(C)(C)C)C(=O)O. The Hall–Kier alpha value is -5.16. The van der Waals surface area contributed by atoms with Crippen molar-refractivity contribution in [2.24, 2.45) is 7.05 Å². The lowest BCUT2D eigenvalue weighted by atomic mass is 9.86. The topological polar surface area (TPSA) is 116 Å². The van der Waals surface area contributed by atoms with Crippen LogP contribution in [-0.2, 0) is 29.5 Å². The standard InChI is InChI=1S/C38H38F2N4O5/c1-20-25-8-7-15-48-33(25)28(40)17-26(20)32-27-18-30(44(6)35(27)43-21(2)31(32)34(37(46)47)49-38(3,4)5)23-13-14-41-29(16-23)36(45)42-19-22-9-11-24(39)12-10-22/h9-14,16-18,34H,7-8,15,19H2,1-6H3,(H,42,45)(H,46,47)/t34-/m0/s1. The summed E-state index contributed by atoms with van der Waals surface area (Å²) in [4.78, 5) is 35.1. The van der Waals surface area contributed by atoms with Crippen LogP contribution >= 0.6 is 0 Å². The molecule has 1 atom stereocenters. The molecule has 4 heterocycles. The van der Waals surface area contributed by atoms with Gasteiger partial charge in [-0.3, -0.25) is 9.78 Å². The number of aryl methyl sites for hydroxylation is 2. The molecular formula is C38H38F2N4O5. The number of amides is 1. The molecule has 11 heteroatoms. The first-order valence-electron chi connectivity index (χ1n) is 16.1. The number of carbonyl (C=O) groups is 2. The first-order chi connectivity index (χ1) is 23.2. The number of nitrogens with one attached hydrogen (secondary N) is 1. The van der Waals surface area contributed by atoms with Crippen molar-refractivity contribution in [1.82, 2.24) is 19.9 Å². The molecule has 49 heavy (non-hydrogen) atoms. The van der Waals surface area contributed by atoms with Crippen molar-refractivity contribution < 1.29 is 33.0 Å². The second-order valence-corrected chi connectivity index (χ2v) is 13.3. The molecule has 9 nitrogen and oxygen atoms in total. The number of carbonyl (C=O) groups excluding carboxylic acids is 1. The number of pyridine rings is 2. The van der Waals surface area contributed by atoms with Crippen LogP contribution in [-0.4, -0.2) is 43.7 Å². The average molecular weight is 669 g/mol. The molecule has 1 aliphatic rings. The molecule has 2 N–H and O–H groups in total. The number of halogens is 2. The maximum atomic E-state index is 15.8. The molecule has 1 aliphatic heterocycles. The van der Waals surface area contributed by atoms with Crippen LogP contribution in [0.4, 0.5) is 8.78 Å². The summed E-state index contributed by atoms with van der Waals surface area (Å²) in [5.74, 6) is -2.25. The molecule has 2 aromatic carbocycles. The summed E-state index contributed by atoms with van der Waals surface area (Å²) in [7, 11) is 1.83. The fourth-order valence-corrected chi connectivity index (χ4v) is 6.44. The van der Waals surface area contributed by atoms with Gasteiger partial charge in [-0.1, -0.05) is 12.1 Å². The summed E-state index contributed by atoms with van der Waals surface area (Å²) in [6.45, 7) is 9.59. The Bertz CT molecular complexity index is 2100. The number of ether oxygens (including phenoxy) is 2. The monoisotopic (exact) mass is 668 g/mol. The van der Waals surface area contributed by atoms with Crippen molar-refractivity contribution in [3.05, 3.63) is 100 Å². The first-order valence-corrected chi connectivity index (χ1v) is 16.1. The van der Waals surface area contributed by atoms with E-state index >= 15 is 4.39 Å². The number of carboxylic acid groups (broad SMARTS) is 1. The summed E-state index contributed by atoms with van der Waals surface area (Å²) in [5.41, 5.74) is 5.31. The molecule has 0 radical (unpaired) electrons. The third-order valence-corrected chi connectivity index (χ3v) is 8.72. The van der Waals surface area contributed by atoms with Gasteiger partial charge < -0.3 is 24.5 Å². The Morgan fingerprint density at radius 3 is 2.53 bits per heavy atom. The third kappa shape index (κ3) is 6.63. The summed E-state index contributed by atoms with van der Waals surface area (Å²) >= 11 is 0. The molecule has 5 aromatic rings. The van der Waals surface area contributed by atoms with Crippen molar-refractivity contribution in [2.45, 2.75) is 65.7 Å². The Balaban J connectivity index is 1.52. The largest absolute Gasteiger partial charge is 0.490 e. The summed E-state index contributed by atoms with van der Waals surface area (Å²) in [5, 5.41) is 13.9. The zero-order chi connectivity index (χ0) is 35.2. The molecule has 0 saturated heterocycles. The van der Waals surface area contributed by atoms with Gasteiger partial charge in [0, 0.05) is 53.1 Å². The van der Waals surface area contributed by atoms with E-state index in [9.17, 15) is 19.1 Å². The van der Waals surface area contributed by atoms with Crippen LogP contribution in [0, 0.1) is 25.5 Å². The predicted molar refractivity (Wildman–Crippen MR) is 181 cm³/mol. The minimum atomic E-state index is -1.40. The molecule has 254 valence electrons. The number of rotatable bonds is 8. The quantitative estimate of drug-likeness (QED) is 0.177. The number of aromatic nitrogens is 3. The van der Waals surface area contributed by atoms with Gasteiger partial charge in [0.15, 0.2) is 17.7 Å². The maximum Gasteiger partial charge on any atom is 0.337 e. The Labute approximate surface area is 282 Å². The van der Waals surface area contributed by atoms with Gasteiger partial charge in [-0.05, 0) is 101 Å². The zero-order valence-corrected chi connectivity index (χ0v) is 28.3. The molecule has 0 fully saturated rings. The predicted octanol–water partition coefficient (Wildman–Crippen LogP) is 7.39. The summed E-state index contributed by atoms with van der Waals surface area (Å²) in [6, 6.07) is 12.6. The number of hydrogen-bond acceptors (Lipinski definition) is 6. The van der Waals surface area contributed by atoms with Gasteiger partial charge in [0.1, 0.15) is 17.2 Å². The van der Waals surface area contributed by atoms with E-state index in [1.54, 1.807) is 52.0 Å². The highest BCUT2D eigenvalue weighted by atomic mass is 19.1. The minimum absolute atomic E-state index is 0.173. The smallest absolute Gasteiger partial charge is 0.337 e. The highest BCUT2D eigenvalue weighted by Crippen LogP contribution is 2.45. The van der Waals surface area contributed by atoms with Crippen LogP contribution in [0.3, 0.4) is 0 Å². The van der Waals surface area contributed by atoms with Crippen LogP contribution < -0.4 is 10.1 Å². The van der Waals surface area contributed by atoms with Crippen LogP contribution in [0.2, 0.25) is 0 Å². The molecular weight excluding hydrogens is 630 g/mol. The van der Waals surface area contributed by atoms with Gasteiger partial charge in [0.25, 0.3) is 5.91 Å². The molecule has 0 bridgehead atoms. The number of nitrogens with zero attached hydrogens (tertiary/aromatic N) is 3. The minimum Gasteiger partial charge on any atom is -0.490 e. The van der Waals surface area contributed by atoms with Crippen molar-refractivity contribution in [3.8, 4) is 28.1 Å². The van der Waals surface area contributed by atoms with Crippen molar-refractivity contribution >= 4 is 22.9 Å². The molecule has 0 unspecified atom stereocenters. The summed E-state index contributed by atoms with van der Waals surface area (Å²) < 4.78 is 42.8. The van der Waals surface area contributed by atoms with Gasteiger partial charge in [-0.15, -0.1) is 0 Å². The van der Waals surface area contributed by atoms with Gasteiger partial charge in [0.2, 0.25) is 0 Å². The van der Waals surface area contributed by atoms with E-state index in [1.165, 1.54) is 24.4 Å². The molecule has 1 amide bonds. The lowest BCUT2D eigenvalue weighted by molar-refractivity contribution is -0.160. The molecule has 3 aromatic heterocycles. The maximum absolute atomic E-state index is 15.8. The van der Waals surface area contributed by atoms with E-state index in [1.807, 2.05) is 24.6 Å². The highest BCUT2D eigenvalue weighted by molar-refractivity contribution is 6.02. The zero-order valence-electron chi connectivity index (χ0n) is 28.3. The van der Waals surface area contributed by atoms with Crippen molar-refractivity contribution in [3.63, 3.8) is 0 Å². The number of carboxylic acids is 1. The normalized spacial score (nSPS) is 13.6. The van der Waals surface area contributed by atoms with Crippen LogP contribution in [0.15, 0.2) is 54.7 Å². The Morgan fingerprint density at radius 1 is 1.10 bits per heavy atom. The van der Waals surface area contributed by atoms with Gasteiger partial charge in [0.05, 0.1) is 17.9 Å². The Kier molecular flexibility index (Phi) is 8.98. The van der Waals surface area contributed by atoms with Crippen LogP contribution in [0.25, 0.3) is 33.4 Å². The average Bonchev–Trinajstić information content (AvgIpc) is 3.39. The first kappa shape index (κ1) is 33.7. The number of aliphatic carboxylic acids is 1. The molecule has 0 spiro atoms. The second kappa shape index (κ2) is 13.0. The van der Waals surface area contributed by atoms with Gasteiger partial charge >= 0.3 is 5.97 Å². The Morgan fingerprint density at radius 2 is 1.84 bits per heavy atom. The molecule has 6 rings (SSSR count). The van der Waals surface area contributed by atoms with E-state index in [-0.39, 0.29) is 23.8 Å². The fourth-order valence-electron chi connectivity index (χ4n) is 6.44. The van der Waals surface area contributed by atoms with Gasteiger partial charge in [-0.25, -0.2) is 18.6 Å². The molecule has 0 saturated carbocycles. The number of hydrogen-bond donors (Lipinski definition) is 2. The number of benzene rings is 2. The van der Waals surface area contributed by atoms with E-state index in [2.05, 4.69) is 10.3 Å². The highest BCUT2D eigenvalue weighted by Gasteiger charge is 2.34. The lowest BCUT2D eigenvalue weighted by Gasteiger charge is -2.29. The third-order valence-electron chi connectivity index (χ3n) is 8.72.